The molecule has 0 radical (unpaired) electrons. The van der Waals surface area contributed by atoms with Gasteiger partial charge in [-0.05, 0) is 44.9 Å². The van der Waals surface area contributed by atoms with Gasteiger partial charge < -0.3 is 25.8 Å². The molecule has 0 aliphatic rings. The van der Waals surface area contributed by atoms with Gasteiger partial charge in [0.25, 0.3) is 0 Å². The van der Waals surface area contributed by atoms with Crippen molar-refractivity contribution in [1.29, 1.82) is 0 Å². The van der Waals surface area contributed by atoms with E-state index in [9.17, 15) is 19.5 Å². The third-order valence-electron chi connectivity index (χ3n) is 6.20. The molecule has 0 heterocycles. The van der Waals surface area contributed by atoms with Gasteiger partial charge in [-0.2, -0.15) is 0 Å². The number of alkyl carbamates (subject to hydrolysis) is 1. The molecule has 8 heteroatoms. The molecule has 0 saturated heterocycles. The van der Waals surface area contributed by atoms with Crippen LogP contribution in [0.1, 0.15) is 108 Å². The van der Waals surface area contributed by atoms with Crippen molar-refractivity contribution in [2.24, 2.45) is 17.8 Å². The van der Waals surface area contributed by atoms with Gasteiger partial charge in [0.2, 0.25) is 11.8 Å². The molecule has 5 atom stereocenters. The molecule has 0 aromatic carbocycles. The molecule has 0 aliphatic heterocycles. The van der Waals surface area contributed by atoms with Crippen molar-refractivity contribution < 1.29 is 24.2 Å². The number of unbranched alkanes of at least 4 members (excludes halogenated alkanes) is 3. The molecule has 0 rings (SSSR count). The Morgan fingerprint density at radius 3 is 1.77 bits per heavy atom. The van der Waals surface area contributed by atoms with Gasteiger partial charge in [0.15, 0.2) is 0 Å². The second-order valence-corrected chi connectivity index (χ2v) is 11.4. The van der Waals surface area contributed by atoms with Crippen LogP contribution in [0.3, 0.4) is 0 Å². The first-order valence-corrected chi connectivity index (χ1v) is 13.4. The molecule has 0 bridgehead atoms. The molecule has 206 valence electrons. The largest absolute Gasteiger partial charge is 0.444 e. The Morgan fingerprint density at radius 2 is 1.31 bits per heavy atom. The Morgan fingerprint density at radius 1 is 0.800 bits per heavy atom. The van der Waals surface area contributed by atoms with E-state index in [1.165, 1.54) is 0 Å². The van der Waals surface area contributed by atoms with Gasteiger partial charge in [-0.1, -0.05) is 80.6 Å². The first kappa shape index (κ1) is 33.2. The molecule has 1 unspecified atom stereocenters. The summed E-state index contributed by atoms with van der Waals surface area (Å²) in [5, 5.41) is 19.3. The predicted molar refractivity (Wildman–Crippen MR) is 141 cm³/mol. The number of carbonyl (C=O) groups excluding carboxylic acids is 3. The molecule has 4 N–H and O–H groups in total. The number of hydrogen-bond donors (Lipinski definition) is 4. The van der Waals surface area contributed by atoms with Crippen LogP contribution in [-0.4, -0.2) is 52.8 Å². The number of amides is 3. The van der Waals surface area contributed by atoms with Crippen LogP contribution in [0.25, 0.3) is 0 Å². The summed E-state index contributed by atoms with van der Waals surface area (Å²) in [4.78, 5) is 38.7. The summed E-state index contributed by atoms with van der Waals surface area (Å²) in [5.41, 5.74) is -0.690. The maximum absolute atomic E-state index is 13.3. The zero-order valence-corrected chi connectivity index (χ0v) is 23.9. The average Bonchev–Trinajstić information content (AvgIpc) is 2.74. The van der Waals surface area contributed by atoms with Crippen molar-refractivity contribution in [3.05, 3.63) is 0 Å². The minimum atomic E-state index is -0.853. The van der Waals surface area contributed by atoms with Crippen molar-refractivity contribution in [3.63, 3.8) is 0 Å². The van der Waals surface area contributed by atoms with Crippen molar-refractivity contribution in [2.75, 3.05) is 0 Å². The zero-order chi connectivity index (χ0) is 27.3. The molecule has 0 saturated carbocycles. The van der Waals surface area contributed by atoms with Crippen LogP contribution < -0.4 is 16.0 Å². The highest BCUT2D eigenvalue weighted by molar-refractivity contribution is 5.91. The average molecular weight is 500 g/mol. The Labute approximate surface area is 213 Å². The topological polar surface area (TPSA) is 117 Å². The summed E-state index contributed by atoms with van der Waals surface area (Å²) >= 11 is 0. The van der Waals surface area contributed by atoms with E-state index < -0.39 is 41.8 Å². The molecule has 8 nitrogen and oxygen atoms in total. The highest BCUT2D eigenvalue weighted by atomic mass is 16.6. The standard InChI is InChI=1S/C27H53N3O5/c1-11-13-14-15-16-20(31)23(19(7)12-2)29-24(32)21(17(3)4)28-25(33)22(18(5)6)30-26(34)35-27(8,9)10/h17-23,31H,11-16H2,1-10H3,(H,28,33)(H,29,32)(H,30,34)/t19?,20-,21-,22-,23-/m0/s1. The van der Waals surface area contributed by atoms with Crippen molar-refractivity contribution >= 4 is 17.9 Å². The molecular weight excluding hydrogens is 446 g/mol. The molecule has 0 aromatic rings. The number of ether oxygens (including phenoxy) is 1. The first-order chi connectivity index (χ1) is 16.1. The number of carbonyl (C=O) groups is 3. The Kier molecular flexibility index (Phi) is 15.2. The van der Waals surface area contributed by atoms with Gasteiger partial charge in [-0.25, -0.2) is 4.79 Å². The summed E-state index contributed by atoms with van der Waals surface area (Å²) in [5.74, 6) is -1.09. The lowest BCUT2D eigenvalue weighted by Gasteiger charge is -2.32. The van der Waals surface area contributed by atoms with Crippen LogP contribution in [0, 0.1) is 17.8 Å². The number of rotatable bonds is 15. The highest BCUT2D eigenvalue weighted by Gasteiger charge is 2.34. The highest BCUT2D eigenvalue weighted by Crippen LogP contribution is 2.18. The van der Waals surface area contributed by atoms with E-state index in [-0.39, 0.29) is 23.7 Å². The number of hydrogen-bond acceptors (Lipinski definition) is 5. The number of aliphatic hydroxyl groups excluding tert-OH is 1. The van der Waals surface area contributed by atoms with E-state index in [4.69, 9.17) is 4.74 Å². The fourth-order valence-electron chi connectivity index (χ4n) is 3.83. The Hall–Kier alpha value is -1.83. The van der Waals surface area contributed by atoms with E-state index in [0.29, 0.717) is 6.42 Å². The van der Waals surface area contributed by atoms with Crippen LogP contribution in [0.15, 0.2) is 0 Å². The van der Waals surface area contributed by atoms with Crippen molar-refractivity contribution in [2.45, 2.75) is 138 Å². The third kappa shape index (κ3) is 13.2. The van der Waals surface area contributed by atoms with Crippen molar-refractivity contribution in [3.8, 4) is 0 Å². The molecular formula is C27H53N3O5. The molecule has 35 heavy (non-hydrogen) atoms. The number of nitrogens with one attached hydrogen (secondary N) is 3. The lowest BCUT2D eigenvalue weighted by atomic mass is 9.90. The summed E-state index contributed by atoms with van der Waals surface area (Å²) in [6, 6.07) is -2.05. The zero-order valence-electron chi connectivity index (χ0n) is 23.9. The van der Waals surface area contributed by atoms with Gasteiger partial charge in [0, 0.05) is 0 Å². The Balaban J connectivity index is 5.42. The van der Waals surface area contributed by atoms with E-state index >= 15 is 0 Å². The Bertz CT molecular complexity index is 645. The molecule has 3 amide bonds. The quantitative estimate of drug-likeness (QED) is 0.247. The molecule has 0 spiro atoms. The summed E-state index contributed by atoms with van der Waals surface area (Å²) < 4.78 is 5.30. The van der Waals surface area contributed by atoms with Crippen LogP contribution in [0.2, 0.25) is 0 Å². The van der Waals surface area contributed by atoms with Crippen LogP contribution in [-0.2, 0) is 14.3 Å². The molecule has 0 aromatic heterocycles. The van der Waals surface area contributed by atoms with Crippen LogP contribution in [0.5, 0.6) is 0 Å². The fraction of sp³-hybridized carbons (Fsp3) is 0.889. The van der Waals surface area contributed by atoms with Gasteiger partial charge in [0.05, 0.1) is 12.1 Å². The lowest BCUT2D eigenvalue weighted by Crippen LogP contribution is -2.59. The maximum atomic E-state index is 13.3. The summed E-state index contributed by atoms with van der Waals surface area (Å²) in [7, 11) is 0. The lowest BCUT2D eigenvalue weighted by molar-refractivity contribution is -0.132. The van der Waals surface area contributed by atoms with E-state index in [0.717, 1.165) is 32.1 Å². The second kappa shape index (κ2) is 16.0. The summed E-state index contributed by atoms with van der Waals surface area (Å²) in [6.45, 7) is 18.8. The normalized spacial score (nSPS) is 16.3. The minimum absolute atomic E-state index is 0.0842. The molecule has 0 fully saturated rings. The maximum Gasteiger partial charge on any atom is 0.408 e. The van der Waals surface area contributed by atoms with E-state index in [1.807, 2.05) is 41.5 Å². The smallest absolute Gasteiger partial charge is 0.408 e. The third-order valence-corrected chi connectivity index (χ3v) is 6.20. The van der Waals surface area contributed by atoms with Gasteiger partial charge in [-0.15, -0.1) is 0 Å². The molecule has 0 aliphatic carbocycles. The fourth-order valence-corrected chi connectivity index (χ4v) is 3.83. The first-order valence-electron chi connectivity index (χ1n) is 13.4. The number of aliphatic hydroxyl groups is 1. The van der Waals surface area contributed by atoms with Crippen molar-refractivity contribution in [1.82, 2.24) is 16.0 Å². The van der Waals surface area contributed by atoms with E-state index in [1.54, 1.807) is 20.8 Å². The monoisotopic (exact) mass is 499 g/mol. The predicted octanol–water partition coefficient (Wildman–Crippen LogP) is 4.54. The van der Waals surface area contributed by atoms with Gasteiger partial charge in [0.1, 0.15) is 17.7 Å². The SMILES string of the molecule is CCCCCC[C@H](O)[C@@H](NC(=O)[C@@H](NC(=O)[C@@H](NC(=O)OC(C)(C)C)C(C)C)C(C)C)C(C)CC. The summed E-state index contributed by atoms with van der Waals surface area (Å²) in [6.07, 6.45) is 4.33. The van der Waals surface area contributed by atoms with Crippen LogP contribution in [0.4, 0.5) is 4.79 Å². The van der Waals surface area contributed by atoms with Crippen LogP contribution >= 0.6 is 0 Å². The van der Waals surface area contributed by atoms with Gasteiger partial charge >= 0.3 is 6.09 Å². The minimum Gasteiger partial charge on any atom is -0.444 e. The second-order valence-electron chi connectivity index (χ2n) is 11.4. The van der Waals surface area contributed by atoms with E-state index in [2.05, 4.69) is 22.9 Å². The van der Waals surface area contributed by atoms with Gasteiger partial charge in [-0.3, -0.25) is 9.59 Å².